The van der Waals surface area contributed by atoms with Crippen LogP contribution in [0.5, 0.6) is 0 Å². The number of ether oxygens (including phenoxy) is 2. The molecule has 0 aromatic carbocycles. The minimum absolute atomic E-state index is 0.168. The second kappa shape index (κ2) is 31.7. The SMILES string of the molecule is CCCCCCCCCCCCCCCC(=O)O[C@H](COC(=O)CCCCCCCCCCCC)COP(=O)(O)OC[C@H](N)C(=O)O. The van der Waals surface area contributed by atoms with Gasteiger partial charge < -0.3 is 25.2 Å². The Kier molecular flexibility index (Phi) is 30.7. The van der Waals surface area contributed by atoms with Crippen molar-refractivity contribution < 1.29 is 47.5 Å². The Morgan fingerprint density at radius 1 is 0.574 bits per heavy atom. The van der Waals surface area contributed by atoms with Crippen LogP contribution in [-0.4, -0.2) is 59.9 Å². The predicted octanol–water partition coefficient (Wildman–Crippen LogP) is 8.78. The van der Waals surface area contributed by atoms with Gasteiger partial charge >= 0.3 is 25.7 Å². The van der Waals surface area contributed by atoms with E-state index in [4.69, 9.17) is 24.8 Å². The summed E-state index contributed by atoms with van der Waals surface area (Å²) in [5.74, 6) is -2.37. The second-order valence-corrected chi connectivity index (χ2v) is 14.2. The van der Waals surface area contributed by atoms with Gasteiger partial charge in [0.2, 0.25) is 0 Å². The number of aliphatic carboxylic acids is 1. The average Bonchev–Trinajstić information content (AvgIpc) is 3.04. The fourth-order valence-electron chi connectivity index (χ4n) is 5.12. The van der Waals surface area contributed by atoms with Gasteiger partial charge in [0.25, 0.3) is 0 Å². The van der Waals surface area contributed by atoms with Crippen molar-refractivity contribution in [2.75, 3.05) is 19.8 Å². The van der Waals surface area contributed by atoms with E-state index in [1.165, 1.54) is 96.3 Å². The molecule has 0 saturated heterocycles. The molecule has 0 rings (SSSR count). The number of carboxylic acid groups (broad SMARTS) is 1. The molecule has 0 spiro atoms. The van der Waals surface area contributed by atoms with Crippen molar-refractivity contribution >= 4 is 25.7 Å². The third-order valence-corrected chi connectivity index (χ3v) is 9.06. The maximum atomic E-state index is 12.5. The number of carbonyl (C=O) groups excluding carboxylic acids is 2. The molecule has 4 N–H and O–H groups in total. The maximum Gasteiger partial charge on any atom is 0.472 e. The highest BCUT2D eigenvalue weighted by atomic mass is 31.2. The fraction of sp³-hybridized carbons (Fsp3) is 0.914. The molecule has 3 atom stereocenters. The second-order valence-electron chi connectivity index (χ2n) is 12.7. The number of hydrogen-bond acceptors (Lipinski definition) is 9. The van der Waals surface area contributed by atoms with Crippen molar-refractivity contribution in [2.45, 2.75) is 187 Å². The summed E-state index contributed by atoms with van der Waals surface area (Å²) < 4.78 is 32.5. The van der Waals surface area contributed by atoms with E-state index in [0.29, 0.717) is 12.8 Å². The van der Waals surface area contributed by atoms with Gasteiger partial charge in [0.1, 0.15) is 12.6 Å². The highest BCUT2D eigenvalue weighted by Gasteiger charge is 2.28. The number of unbranched alkanes of at least 4 members (excludes halogenated alkanes) is 21. The van der Waals surface area contributed by atoms with Gasteiger partial charge in [-0.1, -0.05) is 149 Å². The van der Waals surface area contributed by atoms with Gasteiger partial charge in [0.05, 0.1) is 13.2 Å². The largest absolute Gasteiger partial charge is 0.480 e. The first-order valence-corrected chi connectivity index (χ1v) is 20.1. The molecule has 0 aliphatic carbocycles. The monoisotopic (exact) mass is 693 g/mol. The predicted molar refractivity (Wildman–Crippen MR) is 185 cm³/mol. The standard InChI is InChI=1S/C35H68NO10P/c1-3-5-7-9-11-13-15-16-17-19-21-23-25-27-34(38)46-31(29-44-47(41,42)45-30-32(36)35(39)40)28-43-33(37)26-24-22-20-18-14-12-10-8-6-4-2/h31-32H,3-30,36H2,1-2H3,(H,39,40)(H,41,42)/t31-,32+/m1/s1. The van der Waals surface area contributed by atoms with Crippen molar-refractivity contribution in [3.8, 4) is 0 Å². The van der Waals surface area contributed by atoms with E-state index >= 15 is 0 Å². The number of nitrogens with two attached hydrogens (primary N) is 1. The summed E-state index contributed by atoms with van der Waals surface area (Å²) in [6.45, 7) is 2.77. The van der Waals surface area contributed by atoms with Crippen LogP contribution in [0, 0.1) is 0 Å². The zero-order chi connectivity index (χ0) is 35.0. The van der Waals surface area contributed by atoms with Gasteiger partial charge in [-0.25, -0.2) is 4.57 Å². The van der Waals surface area contributed by atoms with Crippen molar-refractivity contribution in [1.29, 1.82) is 0 Å². The molecule has 11 nitrogen and oxygen atoms in total. The summed E-state index contributed by atoms with van der Waals surface area (Å²) in [6.07, 6.45) is 26.0. The van der Waals surface area contributed by atoms with Gasteiger partial charge in [0, 0.05) is 12.8 Å². The zero-order valence-corrected chi connectivity index (χ0v) is 30.5. The lowest BCUT2D eigenvalue weighted by molar-refractivity contribution is -0.161. The number of phosphoric acid groups is 1. The minimum Gasteiger partial charge on any atom is -0.480 e. The number of esters is 2. The molecule has 47 heavy (non-hydrogen) atoms. The first-order valence-electron chi connectivity index (χ1n) is 18.6. The summed E-state index contributed by atoms with van der Waals surface area (Å²) in [7, 11) is -4.70. The lowest BCUT2D eigenvalue weighted by Crippen LogP contribution is -2.34. The molecule has 0 radical (unpaired) electrons. The fourth-order valence-corrected chi connectivity index (χ4v) is 5.90. The highest BCUT2D eigenvalue weighted by Crippen LogP contribution is 2.43. The van der Waals surface area contributed by atoms with E-state index in [-0.39, 0.29) is 19.4 Å². The van der Waals surface area contributed by atoms with E-state index in [2.05, 4.69) is 18.4 Å². The molecule has 0 saturated carbocycles. The smallest absolute Gasteiger partial charge is 0.472 e. The highest BCUT2D eigenvalue weighted by molar-refractivity contribution is 7.47. The summed E-state index contributed by atoms with van der Waals surface area (Å²) in [6, 6.07) is -1.51. The van der Waals surface area contributed by atoms with Gasteiger partial charge in [-0.3, -0.25) is 23.4 Å². The van der Waals surface area contributed by atoms with Crippen LogP contribution >= 0.6 is 7.82 Å². The summed E-state index contributed by atoms with van der Waals surface area (Å²) in [5, 5.41) is 8.84. The first kappa shape index (κ1) is 45.5. The summed E-state index contributed by atoms with van der Waals surface area (Å²) in [4.78, 5) is 45.6. The average molecular weight is 694 g/mol. The van der Waals surface area contributed by atoms with E-state index in [0.717, 1.165) is 38.5 Å². The molecular weight excluding hydrogens is 625 g/mol. The molecule has 12 heteroatoms. The number of hydrogen-bond donors (Lipinski definition) is 3. The van der Waals surface area contributed by atoms with Crippen LogP contribution in [0.2, 0.25) is 0 Å². The van der Waals surface area contributed by atoms with Gasteiger partial charge in [-0.15, -0.1) is 0 Å². The molecule has 0 fully saturated rings. The van der Waals surface area contributed by atoms with Crippen LogP contribution in [0.3, 0.4) is 0 Å². The molecule has 1 unspecified atom stereocenters. The van der Waals surface area contributed by atoms with Crippen LogP contribution in [0.25, 0.3) is 0 Å². The molecule has 0 bridgehead atoms. The molecule has 0 heterocycles. The van der Waals surface area contributed by atoms with Crippen LogP contribution in [0.4, 0.5) is 0 Å². The van der Waals surface area contributed by atoms with Crippen molar-refractivity contribution in [2.24, 2.45) is 5.73 Å². The Morgan fingerprint density at radius 3 is 1.34 bits per heavy atom. The van der Waals surface area contributed by atoms with Gasteiger partial charge in [-0.05, 0) is 12.8 Å². The Hall–Kier alpha value is -1.52. The van der Waals surface area contributed by atoms with Crippen molar-refractivity contribution in [1.82, 2.24) is 0 Å². The number of phosphoric ester groups is 1. The van der Waals surface area contributed by atoms with E-state index in [9.17, 15) is 23.8 Å². The van der Waals surface area contributed by atoms with Crippen molar-refractivity contribution in [3.63, 3.8) is 0 Å². The molecule has 0 aliphatic heterocycles. The third-order valence-electron chi connectivity index (χ3n) is 8.11. The number of rotatable bonds is 35. The van der Waals surface area contributed by atoms with Crippen LogP contribution in [-0.2, 0) is 37.5 Å². The molecule has 278 valence electrons. The Morgan fingerprint density at radius 2 is 0.936 bits per heavy atom. The Balaban J connectivity index is 4.43. The lowest BCUT2D eigenvalue weighted by Gasteiger charge is -2.20. The maximum absolute atomic E-state index is 12.5. The molecule has 0 aromatic rings. The molecule has 0 amide bonds. The van der Waals surface area contributed by atoms with E-state index in [1.807, 2.05) is 0 Å². The van der Waals surface area contributed by atoms with Crippen LogP contribution < -0.4 is 5.73 Å². The zero-order valence-electron chi connectivity index (χ0n) is 29.6. The Labute approximate surface area is 285 Å². The third kappa shape index (κ3) is 31.5. The molecule has 0 aromatic heterocycles. The first-order chi connectivity index (χ1) is 22.6. The summed E-state index contributed by atoms with van der Waals surface area (Å²) >= 11 is 0. The van der Waals surface area contributed by atoms with Gasteiger partial charge in [0.15, 0.2) is 6.10 Å². The number of carboxylic acids is 1. The lowest BCUT2D eigenvalue weighted by atomic mass is 10.0. The summed E-state index contributed by atoms with van der Waals surface area (Å²) in [5.41, 5.74) is 5.31. The molecule has 0 aliphatic rings. The minimum atomic E-state index is -4.70. The molecular formula is C35H68NO10P. The normalized spacial score (nSPS) is 14.0. The topological polar surface area (TPSA) is 172 Å². The Bertz CT molecular complexity index is 828. The number of carbonyl (C=O) groups is 3. The van der Waals surface area contributed by atoms with Gasteiger partial charge in [-0.2, -0.15) is 0 Å². The van der Waals surface area contributed by atoms with E-state index in [1.54, 1.807) is 0 Å². The van der Waals surface area contributed by atoms with Crippen molar-refractivity contribution in [3.05, 3.63) is 0 Å². The van der Waals surface area contributed by atoms with Crippen LogP contribution in [0.15, 0.2) is 0 Å². The van der Waals surface area contributed by atoms with E-state index < -0.39 is 51.1 Å². The van der Waals surface area contributed by atoms with Crippen LogP contribution in [0.1, 0.15) is 174 Å². The quantitative estimate of drug-likeness (QED) is 0.0329.